The maximum Gasteiger partial charge on any atom is 0.240 e. The van der Waals surface area contributed by atoms with Gasteiger partial charge in [0.15, 0.2) is 5.78 Å². The second-order valence-electron chi connectivity index (χ2n) is 6.49. The van der Waals surface area contributed by atoms with E-state index >= 15 is 0 Å². The summed E-state index contributed by atoms with van der Waals surface area (Å²) in [7, 11) is 0. The van der Waals surface area contributed by atoms with Crippen LogP contribution in [0.4, 0.5) is 11.4 Å². The lowest BCUT2D eigenvalue weighted by Crippen LogP contribution is -2.35. The molecule has 5 nitrogen and oxygen atoms in total. The van der Waals surface area contributed by atoms with Crippen LogP contribution in [-0.4, -0.2) is 17.6 Å². The van der Waals surface area contributed by atoms with E-state index < -0.39 is 5.41 Å². The minimum absolute atomic E-state index is 0.0333. The van der Waals surface area contributed by atoms with Gasteiger partial charge in [-0.25, -0.2) is 0 Å². The highest BCUT2D eigenvalue weighted by Gasteiger charge is 2.56. The van der Waals surface area contributed by atoms with Crippen molar-refractivity contribution in [3.63, 3.8) is 0 Å². The van der Waals surface area contributed by atoms with E-state index in [1.54, 1.807) is 24.3 Å². The molecule has 0 atom stereocenters. The molecule has 128 valence electrons. The molecule has 2 amide bonds. The van der Waals surface area contributed by atoms with Gasteiger partial charge in [-0.2, -0.15) is 0 Å². The van der Waals surface area contributed by atoms with E-state index in [9.17, 15) is 14.4 Å². The molecule has 2 aromatic rings. The smallest absolute Gasteiger partial charge is 0.240 e. The fourth-order valence-corrected chi connectivity index (χ4v) is 2.61. The summed E-state index contributed by atoms with van der Waals surface area (Å²) in [6.07, 6.45) is 1.06. The highest BCUT2D eigenvalue weighted by Crippen LogP contribution is 2.47. The molecule has 0 radical (unpaired) electrons. The van der Waals surface area contributed by atoms with Crippen LogP contribution < -0.4 is 10.6 Å². The van der Waals surface area contributed by atoms with Crippen LogP contribution in [0.2, 0.25) is 0 Å². The summed E-state index contributed by atoms with van der Waals surface area (Å²) in [6.45, 7) is 3.46. The lowest BCUT2D eigenvalue weighted by atomic mass is 10.0. The van der Waals surface area contributed by atoms with E-state index in [0.29, 0.717) is 29.8 Å². The molecule has 0 bridgehead atoms. The van der Waals surface area contributed by atoms with Crippen molar-refractivity contribution in [1.82, 2.24) is 0 Å². The van der Waals surface area contributed by atoms with E-state index in [0.717, 1.165) is 5.56 Å². The number of amides is 2. The Morgan fingerprint density at radius 3 is 1.64 bits per heavy atom. The van der Waals surface area contributed by atoms with E-state index in [1.807, 2.05) is 31.2 Å². The Morgan fingerprint density at radius 1 is 0.800 bits per heavy atom. The quantitative estimate of drug-likeness (QED) is 0.647. The number of rotatable bonds is 5. The minimum Gasteiger partial charge on any atom is -0.325 e. The number of hydrogen-bond donors (Lipinski definition) is 2. The zero-order valence-electron chi connectivity index (χ0n) is 14.3. The zero-order chi connectivity index (χ0) is 18.0. The normalized spacial score (nSPS) is 14.5. The maximum absolute atomic E-state index is 12.6. The van der Waals surface area contributed by atoms with E-state index in [2.05, 4.69) is 10.6 Å². The van der Waals surface area contributed by atoms with Crippen LogP contribution >= 0.6 is 0 Å². The fourth-order valence-electron chi connectivity index (χ4n) is 2.61. The van der Waals surface area contributed by atoms with Crippen LogP contribution in [0.3, 0.4) is 0 Å². The van der Waals surface area contributed by atoms with Gasteiger partial charge in [-0.05, 0) is 63.1 Å². The molecular weight excluding hydrogens is 316 g/mol. The van der Waals surface area contributed by atoms with E-state index in [-0.39, 0.29) is 17.6 Å². The third-order valence-corrected chi connectivity index (χ3v) is 4.48. The Kier molecular flexibility index (Phi) is 4.40. The highest BCUT2D eigenvalue weighted by molar-refractivity contribution is 6.17. The molecule has 1 aliphatic carbocycles. The summed E-state index contributed by atoms with van der Waals surface area (Å²) < 4.78 is 0. The molecule has 0 unspecified atom stereocenters. The molecule has 0 aliphatic heterocycles. The SMILES string of the molecule is CC(=O)c1ccc(NC(=O)C2(C(=O)Nc3ccc(C)cc3)CC2)cc1. The Bertz CT molecular complexity index is 819. The molecule has 25 heavy (non-hydrogen) atoms. The number of aryl methyl sites for hydroxylation is 1. The van der Waals surface area contributed by atoms with Crippen LogP contribution in [0.1, 0.15) is 35.7 Å². The lowest BCUT2D eigenvalue weighted by molar-refractivity contribution is -0.131. The van der Waals surface area contributed by atoms with Gasteiger partial charge in [0.1, 0.15) is 5.41 Å². The molecule has 0 saturated heterocycles. The number of anilines is 2. The number of carbonyl (C=O) groups is 3. The van der Waals surface area contributed by atoms with Gasteiger partial charge in [0.2, 0.25) is 11.8 Å². The standard InChI is InChI=1S/C20H20N2O3/c1-13-3-7-16(8-4-13)21-18(24)20(11-12-20)19(25)22-17-9-5-15(6-10-17)14(2)23/h3-10H,11-12H2,1-2H3,(H,21,24)(H,22,25). The van der Waals surface area contributed by atoms with Gasteiger partial charge in [-0.3, -0.25) is 14.4 Å². The molecule has 1 saturated carbocycles. The molecule has 3 rings (SSSR count). The van der Waals surface area contributed by atoms with Gasteiger partial charge in [0.05, 0.1) is 0 Å². The van der Waals surface area contributed by atoms with Gasteiger partial charge in [0.25, 0.3) is 0 Å². The third kappa shape index (κ3) is 3.60. The summed E-state index contributed by atoms with van der Waals surface area (Å²) in [5.74, 6) is -0.629. The van der Waals surface area contributed by atoms with Gasteiger partial charge in [-0.1, -0.05) is 17.7 Å². The summed E-state index contributed by atoms with van der Waals surface area (Å²) >= 11 is 0. The summed E-state index contributed by atoms with van der Waals surface area (Å²) in [5, 5.41) is 5.59. The first kappa shape index (κ1) is 16.9. The first-order valence-electron chi connectivity index (χ1n) is 8.21. The molecule has 0 aromatic heterocycles. The van der Waals surface area contributed by atoms with Crippen molar-refractivity contribution in [2.75, 3.05) is 10.6 Å². The predicted molar refractivity (Wildman–Crippen MR) is 96.6 cm³/mol. The van der Waals surface area contributed by atoms with Gasteiger partial charge in [0, 0.05) is 16.9 Å². The van der Waals surface area contributed by atoms with Gasteiger partial charge < -0.3 is 10.6 Å². The average Bonchev–Trinajstić information content (AvgIpc) is 3.39. The second kappa shape index (κ2) is 6.51. The Hall–Kier alpha value is -2.95. The van der Waals surface area contributed by atoms with Crippen molar-refractivity contribution in [2.45, 2.75) is 26.7 Å². The Labute approximate surface area is 146 Å². The lowest BCUT2D eigenvalue weighted by Gasteiger charge is -2.15. The predicted octanol–water partition coefficient (Wildman–Crippen LogP) is 3.56. The molecule has 1 fully saturated rings. The van der Waals surface area contributed by atoms with Crippen LogP contribution in [0, 0.1) is 12.3 Å². The van der Waals surface area contributed by atoms with E-state index in [1.165, 1.54) is 6.92 Å². The average molecular weight is 336 g/mol. The molecule has 5 heteroatoms. The molecular formula is C20H20N2O3. The number of carbonyl (C=O) groups excluding carboxylic acids is 3. The number of hydrogen-bond acceptors (Lipinski definition) is 3. The summed E-state index contributed by atoms with van der Waals surface area (Å²) in [6, 6.07) is 14.1. The third-order valence-electron chi connectivity index (χ3n) is 4.48. The molecule has 0 spiro atoms. The molecule has 1 aliphatic rings. The van der Waals surface area contributed by atoms with Crippen molar-refractivity contribution >= 4 is 29.0 Å². The largest absolute Gasteiger partial charge is 0.325 e. The van der Waals surface area contributed by atoms with Crippen molar-refractivity contribution in [2.24, 2.45) is 5.41 Å². The second-order valence-corrected chi connectivity index (χ2v) is 6.49. The van der Waals surface area contributed by atoms with Crippen LogP contribution in [0.5, 0.6) is 0 Å². The topological polar surface area (TPSA) is 75.3 Å². The van der Waals surface area contributed by atoms with Crippen molar-refractivity contribution in [3.05, 3.63) is 59.7 Å². The minimum atomic E-state index is -1.01. The van der Waals surface area contributed by atoms with E-state index in [4.69, 9.17) is 0 Å². The summed E-state index contributed by atoms with van der Waals surface area (Å²) in [4.78, 5) is 36.4. The first-order valence-corrected chi connectivity index (χ1v) is 8.21. The van der Waals surface area contributed by atoms with Crippen LogP contribution in [0.25, 0.3) is 0 Å². The van der Waals surface area contributed by atoms with Crippen LogP contribution in [0.15, 0.2) is 48.5 Å². The molecule has 2 N–H and O–H groups in total. The van der Waals surface area contributed by atoms with Crippen molar-refractivity contribution < 1.29 is 14.4 Å². The number of nitrogens with one attached hydrogen (secondary N) is 2. The number of benzene rings is 2. The monoisotopic (exact) mass is 336 g/mol. The van der Waals surface area contributed by atoms with Crippen molar-refractivity contribution in [3.8, 4) is 0 Å². The first-order chi connectivity index (χ1) is 11.9. The fraction of sp³-hybridized carbons (Fsp3) is 0.250. The molecule has 0 heterocycles. The molecule has 2 aromatic carbocycles. The number of Topliss-reactive ketones (excluding diaryl/α,β-unsaturated/α-hetero) is 1. The number of ketones is 1. The Morgan fingerprint density at radius 2 is 1.24 bits per heavy atom. The summed E-state index contributed by atoms with van der Waals surface area (Å²) in [5.41, 5.74) is 1.93. The maximum atomic E-state index is 12.6. The zero-order valence-corrected chi connectivity index (χ0v) is 14.3. The van der Waals surface area contributed by atoms with Gasteiger partial charge in [-0.15, -0.1) is 0 Å². The Balaban J connectivity index is 1.67. The van der Waals surface area contributed by atoms with Gasteiger partial charge >= 0.3 is 0 Å². The van der Waals surface area contributed by atoms with Crippen molar-refractivity contribution in [1.29, 1.82) is 0 Å². The highest BCUT2D eigenvalue weighted by atomic mass is 16.2. The van der Waals surface area contributed by atoms with Crippen LogP contribution in [-0.2, 0) is 9.59 Å².